The maximum Gasteiger partial charge on any atom is 0.293 e. The van der Waals surface area contributed by atoms with E-state index in [0.717, 1.165) is 0 Å². The molecule has 1 N–H and O–H groups in total. The van der Waals surface area contributed by atoms with Gasteiger partial charge in [-0.25, -0.2) is 9.67 Å². The van der Waals surface area contributed by atoms with Gasteiger partial charge >= 0.3 is 0 Å². The molecule has 0 bridgehead atoms. The number of benzene rings is 1. The Hall–Kier alpha value is -3.69. The number of carbonyl (C=O) groups excluding carboxylic acids is 1. The first kappa shape index (κ1) is 15.2. The van der Waals surface area contributed by atoms with Crippen LogP contribution in [-0.4, -0.2) is 35.8 Å². The van der Waals surface area contributed by atoms with Gasteiger partial charge in [-0.05, 0) is 24.6 Å². The Kier molecular flexibility index (Phi) is 3.93. The Morgan fingerprint density at radius 2 is 2.08 bits per heavy atom. The summed E-state index contributed by atoms with van der Waals surface area (Å²) in [6, 6.07) is 7.53. The van der Waals surface area contributed by atoms with Crippen molar-refractivity contribution in [2.24, 2.45) is 0 Å². The predicted molar refractivity (Wildman–Crippen MR) is 82.7 cm³/mol. The molecule has 10 nitrogen and oxygen atoms in total. The molecule has 3 aromatic rings. The Morgan fingerprint density at radius 1 is 1.25 bits per heavy atom. The van der Waals surface area contributed by atoms with Gasteiger partial charge in [0.1, 0.15) is 18.3 Å². The first-order valence-corrected chi connectivity index (χ1v) is 6.80. The average molecular weight is 325 g/mol. The maximum atomic E-state index is 12.3. The van der Waals surface area contributed by atoms with Crippen LogP contribution in [0.3, 0.4) is 0 Å². The standard InChI is InChI=1S/C14H11N7O3/c1-9-3-2-4-11(21(23)24)13(9)17-14(22)10-5-6-12(19-18-10)20-8-15-7-16-20/h2-8H,1H3,(H,17,22). The number of aryl methyl sites for hydroxylation is 1. The summed E-state index contributed by atoms with van der Waals surface area (Å²) in [5.74, 6) is -0.198. The highest BCUT2D eigenvalue weighted by molar-refractivity contribution is 6.04. The summed E-state index contributed by atoms with van der Waals surface area (Å²) in [7, 11) is 0. The molecule has 120 valence electrons. The Labute approximate surface area is 135 Å². The van der Waals surface area contributed by atoms with Crippen LogP contribution in [0.4, 0.5) is 11.4 Å². The number of para-hydroxylation sites is 1. The second-order valence-corrected chi connectivity index (χ2v) is 4.80. The number of nitrogens with one attached hydrogen (secondary N) is 1. The van der Waals surface area contributed by atoms with Gasteiger partial charge in [0.05, 0.1) is 4.92 Å². The molecule has 0 unspecified atom stereocenters. The van der Waals surface area contributed by atoms with Gasteiger partial charge in [0.25, 0.3) is 11.6 Å². The van der Waals surface area contributed by atoms with Crippen LogP contribution < -0.4 is 5.32 Å². The summed E-state index contributed by atoms with van der Waals surface area (Å²) in [6.07, 6.45) is 2.79. The topological polar surface area (TPSA) is 129 Å². The van der Waals surface area contributed by atoms with Gasteiger partial charge in [0.15, 0.2) is 11.5 Å². The largest absolute Gasteiger partial charge is 0.315 e. The normalized spacial score (nSPS) is 10.4. The number of anilines is 1. The minimum Gasteiger partial charge on any atom is -0.315 e. The van der Waals surface area contributed by atoms with Crippen molar-refractivity contribution in [2.75, 3.05) is 5.32 Å². The van der Waals surface area contributed by atoms with Gasteiger partial charge in [0.2, 0.25) is 0 Å². The number of aromatic nitrogens is 5. The van der Waals surface area contributed by atoms with Gasteiger partial charge in [0, 0.05) is 6.07 Å². The van der Waals surface area contributed by atoms with Crippen molar-refractivity contribution in [3.8, 4) is 5.82 Å². The second kappa shape index (κ2) is 6.20. The second-order valence-electron chi connectivity index (χ2n) is 4.80. The lowest BCUT2D eigenvalue weighted by Gasteiger charge is -2.08. The molecule has 24 heavy (non-hydrogen) atoms. The van der Waals surface area contributed by atoms with Crippen LogP contribution in [0.25, 0.3) is 5.82 Å². The molecule has 0 saturated carbocycles. The van der Waals surface area contributed by atoms with Crippen LogP contribution in [0.1, 0.15) is 16.1 Å². The number of carbonyl (C=O) groups is 1. The van der Waals surface area contributed by atoms with E-state index < -0.39 is 10.8 Å². The smallest absolute Gasteiger partial charge is 0.293 e. The number of nitro benzene ring substituents is 1. The van der Waals surface area contributed by atoms with Crippen molar-refractivity contribution in [3.63, 3.8) is 0 Å². The van der Waals surface area contributed by atoms with Gasteiger partial charge in [-0.2, -0.15) is 5.10 Å². The van der Waals surface area contributed by atoms with Crippen molar-refractivity contribution in [1.82, 2.24) is 25.0 Å². The van der Waals surface area contributed by atoms with E-state index >= 15 is 0 Å². The number of hydrogen-bond donors (Lipinski definition) is 1. The fraction of sp³-hybridized carbons (Fsp3) is 0.0714. The SMILES string of the molecule is Cc1cccc([N+](=O)[O-])c1NC(=O)c1ccc(-n2cncn2)nn1. The minimum absolute atomic E-state index is 0.0245. The molecular weight excluding hydrogens is 314 g/mol. The van der Waals surface area contributed by atoms with Gasteiger partial charge in [-0.1, -0.05) is 12.1 Å². The van der Waals surface area contributed by atoms with E-state index in [2.05, 4.69) is 25.6 Å². The fourth-order valence-corrected chi connectivity index (χ4v) is 2.04. The van der Waals surface area contributed by atoms with E-state index in [9.17, 15) is 14.9 Å². The van der Waals surface area contributed by atoms with Crippen LogP contribution in [0.2, 0.25) is 0 Å². The van der Waals surface area contributed by atoms with E-state index in [4.69, 9.17) is 0 Å². The third kappa shape index (κ3) is 2.92. The van der Waals surface area contributed by atoms with Crippen molar-refractivity contribution < 1.29 is 9.72 Å². The van der Waals surface area contributed by atoms with Gasteiger partial charge in [-0.3, -0.25) is 14.9 Å². The molecule has 2 aromatic heterocycles. The first-order valence-electron chi connectivity index (χ1n) is 6.80. The average Bonchev–Trinajstić information content (AvgIpc) is 3.11. The summed E-state index contributed by atoms with van der Waals surface area (Å²) in [5, 5.41) is 25.2. The van der Waals surface area contributed by atoms with Gasteiger partial charge < -0.3 is 5.32 Å². The van der Waals surface area contributed by atoms with Crippen LogP contribution in [0.15, 0.2) is 43.0 Å². The zero-order valence-corrected chi connectivity index (χ0v) is 12.4. The maximum absolute atomic E-state index is 12.3. The number of nitro groups is 1. The Morgan fingerprint density at radius 3 is 2.71 bits per heavy atom. The molecule has 3 rings (SSSR count). The number of hydrogen-bond acceptors (Lipinski definition) is 7. The van der Waals surface area contributed by atoms with Crippen molar-refractivity contribution in [1.29, 1.82) is 0 Å². The summed E-state index contributed by atoms with van der Waals surface area (Å²) < 4.78 is 1.39. The summed E-state index contributed by atoms with van der Waals surface area (Å²) >= 11 is 0. The summed E-state index contributed by atoms with van der Waals surface area (Å²) in [6.45, 7) is 1.67. The van der Waals surface area contributed by atoms with E-state index in [1.807, 2.05) is 0 Å². The number of rotatable bonds is 4. The minimum atomic E-state index is -0.593. The summed E-state index contributed by atoms with van der Waals surface area (Å²) in [4.78, 5) is 26.6. The molecular formula is C14H11N7O3. The van der Waals surface area contributed by atoms with Crippen molar-refractivity contribution in [2.45, 2.75) is 6.92 Å². The lowest BCUT2D eigenvalue weighted by Crippen LogP contribution is -2.16. The highest BCUT2D eigenvalue weighted by atomic mass is 16.6. The molecule has 0 radical (unpaired) electrons. The highest BCUT2D eigenvalue weighted by Crippen LogP contribution is 2.27. The number of amides is 1. The number of nitrogens with zero attached hydrogens (tertiary/aromatic N) is 6. The third-order valence-electron chi connectivity index (χ3n) is 3.22. The quantitative estimate of drug-likeness (QED) is 0.568. The van der Waals surface area contributed by atoms with E-state index in [1.54, 1.807) is 25.1 Å². The molecule has 1 aromatic carbocycles. The Balaban J connectivity index is 1.85. The molecule has 0 aliphatic rings. The molecule has 0 aliphatic heterocycles. The van der Waals surface area contributed by atoms with Crippen LogP contribution in [0.5, 0.6) is 0 Å². The van der Waals surface area contributed by atoms with E-state index in [1.165, 1.54) is 29.5 Å². The fourth-order valence-electron chi connectivity index (χ4n) is 2.04. The zero-order chi connectivity index (χ0) is 17.1. The molecule has 0 aliphatic carbocycles. The van der Waals surface area contributed by atoms with Crippen LogP contribution >= 0.6 is 0 Å². The van der Waals surface area contributed by atoms with Crippen molar-refractivity contribution >= 4 is 17.3 Å². The van der Waals surface area contributed by atoms with Crippen molar-refractivity contribution in [3.05, 3.63) is 64.4 Å². The molecule has 0 saturated heterocycles. The van der Waals surface area contributed by atoms with Crippen LogP contribution in [-0.2, 0) is 0 Å². The molecule has 0 spiro atoms. The van der Waals surface area contributed by atoms with E-state index in [0.29, 0.717) is 11.4 Å². The monoisotopic (exact) mass is 325 g/mol. The Bertz CT molecular complexity index is 891. The molecule has 0 fully saturated rings. The molecule has 10 heteroatoms. The first-order chi connectivity index (χ1) is 11.6. The van der Waals surface area contributed by atoms with Gasteiger partial charge in [-0.15, -0.1) is 10.2 Å². The summed E-state index contributed by atoms with van der Waals surface area (Å²) in [5.41, 5.74) is 0.548. The van der Waals surface area contributed by atoms with Crippen LogP contribution in [0, 0.1) is 17.0 Å². The third-order valence-corrected chi connectivity index (χ3v) is 3.22. The molecule has 1 amide bonds. The predicted octanol–water partition coefficient (Wildman–Crippen LogP) is 1.53. The molecule has 2 heterocycles. The van der Waals surface area contributed by atoms with E-state index in [-0.39, 0.29) is 17.1 Å². The highest BCUT2D eigenvalue weighted by Gasteiger charge is 2.19. The lowest BCUT2D eigenvalue weighted by molar-refractivity contribution is -0.383. The molecule has 0 atom stereocenters. The zero-order valence-electron chi connectivity index (χ0n) is 12.4. The lowest BCUT2D eigenvalue weighted by atomic mass is 10.1.